The number of carbonyl (C=O) groups is 1. The van der Waals surface area contributed by atoms with Crippen LogP contribution in [0.3, 0.4) is 0 Å². The monoisotopic (exact) mass is 300 g/mol. The summed E-state index contributed by atoms with van der Waals surface area (Å²) in [6.45, 7) is 2.55. The zero-order chi connectivity index (χ0) is 14.8. The molecule has 2 atom stereocenters. The Labute approximate surface area is 121 Å². The predicted molar refractivity (Wildman–Crippen MR) is 76.0 cm³/mol. The van der Waals surface area contributed by atoms with E-state index in [0.29, 0.717) is 24.5 Å². The highest BCUT2D eigenvalue weighted by atomic mass is 32.2. The number of aromatic amines is 1. The lowest BCUT2D eigenvalue weighted by molar-refractivity contribution is -0.146. The maximum atomic E-state index is 11.6. The number of likely N-dealkylation sites (N-methyl/N-ethyl adjacent to an activating group) is 1. The Balaban J connectivity index is 2.12. The fourth-order valence-electron chi connectivity index (χ4n) is 2.68. The Morgan fingerprint density at radius 1 is 1.70 bits per heavy atom. The van der Waals surface area contributed by atoms with Crippen LogP contribution >= 0.6 is 11.8 Å². The van der Waals surface area contributed by atoms with Gasteiger partial charge < -0.3 is 10.4 Å². The van der Waals surface area contributed by atoms with Crippen LogP contribution in [-0.4, -0.2) is 43.2 Å². The average Bonchev–Trinajstić information content (AvgIpc) is 2.71. The van der Waals surface area contributed by atoms with Gasteiger partial charge in [0, 0.05) is 12.3 Å². The van der Waals surface area contributed by atoms with Crippen LogP contribution in [0.5, 0.6) is 0 Å². The molecule has 1 aliphatic rings. The minimum Gasteiger partial charge on any atom is -0.480 e. The summed E-state index contributed by atoms with van der Waals surface area (Å²) in [4.78, 5) is 22.9. The van der Waals surface area contributed by atoms with Crippen molar-refractivity contribution in [2.24, 2.45) is 7.05 Å². The van der Waals surface area contributed by atoms with E-state index < -0.39 is 11.5 Å². The number of carboxylic acid groups (broad SMARTS) is 1. The summed E-state index contributed by atoms with van der Waals surface area (Å²) in [5.41, 5.74) is -1.10. The Morgan fingerprint density at radius 3 is 3.00 bits per heavy atom. The van der Waals surface area contributed by atoms with Gasteiger partial charge in [0.25, 0.3) is 0 Å². The molecule has 8 heteroatoms. The quantitative estimate of drug-likeness (QED) is 0.735. The van der Waals surface area contributed by atoms with Crippen molar-refractivity contribution >= 4 is 17.7 Å². The highest BCUT2D eigenvalue weighted by molar-refractivity contribution is 7.99. The van der Waals surface area contributed by atoms with Crippen molar-refractivity contribution in [3.63, 3.8) is 0 Å². The van der Waals surface area contributed by atoms with Crippen molar-refractivity contribution < 1.29 is 9.90 Å². The molecule has 2 rings (SSSR count). The average molecular weight is 300 g/mol. The van der Waals surface area contributed by atoms with Crippen LogP contribution in [0.1, 0.15) is 32.6 Å². The molecular formula is C12H20N4O3S. The summed E-state index contributed by atoms with van der Waals surface area (Å²) < 4.78 is 1.45. The lowest BCUT2D eigenvalue weighted by Crippen LogP contribution is -2.55. The highest BCUT2D eigenvalue weighted by Crippen LogP contribution is 2.37. The number of hydrogen-bond acceptors (Lipinski definition) is 5. The van der Waals surface area contributed by atoms with Crippen LogP contribution in [0.25, 0.3) is 0 Å². The molecule has 0 spiro atoms. The van der Waals surface area contributed by atoms with E-state index in [0.717, 1.165) is 12.8 Å². The van der Waals surface area contributed by atoms with Gasteiger partial charge in [-0.05, 0) is 32.2 Å². The van der Waals surface area contributed by atoms with Crippen LogP contribution in [0.4, 0.5) is 0 Å². The van der Waals surface area contributed by atoms with Crippen molar-refractivity contribution in [2.75, 3.05) is 6.54 Å². The summed E-state index contributed by atoms with van der Waals surface area (Å²) in [7, 11) is 1.66. The van der Waals surface area contributed by atoms with Crippen LogP contribution in [0.15, 0.2) is 9.95 Å². The lowest BCUT2D eigenvalue weighted by Gasteiger charge is -2.37. The van der Waals surface area contributed by atoms with E-state index in [4.69, 9.17) is 0 Å². The van der Waals surface area contributed by atoms with E-state index in [1.807, 2.05) is 6.92 Å². The standard InChI is InChI=1S/C12H20N4O3S/c1-3-13-12(9(17)18)6-4-5-8(7-12)20-11-15-14-10(19)16(11)2/h8,13H,3-7H2,1-2H3,(H,14,19)(H,17,18). The summed E-state index contributed by atoms with van der Waals surface area (Å²) in [5, 5.41) is 19.8. The van der Waals surface area contributed by atoms with Gasteiger partial charge >= 0.3 is 11.7 Å². The molecule has 0 saturated heterocycles. The topological polar surface area (TPSA) is 100 Å². The number of aromatic nitrogens is 3. The molecule has 7 nitrogen and oxygen atoms in total. The fraction of sp³-hybridized carbons (Fsp3) is 0.750. The third-order valence-electron chi connectivity index (χ3n) is 3.74. The normalized spacial score (nSPS) is 26.6. The number of nitrogens with zero attached hydrogens (tertiary/aromatic N) is 2. The van der Waals surface area contributed by atoms with Gasteiger partial charge in [-0.3, -0.25) is 9.36 Å². The molecule has 20 heavy (non-hydrogen) atoms. The van der Waals surface area contributed by atoms with Crippen LogP contribution in [-0.2, 0) is 11.8 Å². The molecule has 1 aromatic rings. The number of aliphatic carboxylic acids is 1. The SMILES string of the molecule is CCNC1(C(=O)O)CCCC(Sc2n[nH]c(=O)n2C)C1. The van der Waals surface area contributed by atoms with Gasteiger partial charge in [-0.2, -0.15) is 0 Å². The molecule has 3 N–H and O–H groups in total. The molecule has 2 unspecified atom stereocenters. The molecule has 0 bridgehead atoms. The number of carboxylic acids is 1. The number of hydrogen-bond donors (Lipinski definition) is 3. The molecular weight excluding hydrogens is 280 g/mol. The maximum Gasteiger partial charge on any atom is 0.343 e. The number of H-pyrrole nitrogens is 1. The molecule has 0 aliphatic heterocycles. The maximum absolute atomic E-state index is 11.6. The second-order valence-electron chi connectivity index (χ2n) is 5.12. The van der Waals surface area contributed by atoms with E-state index in [1.165, 1.54) is 16.3 Å². The first-order valence-corrected chi connectivity index (χ1v) is 7.63. The zero-order valence-electron chi connectivity index (χ0n) is 11.7. The molecule has 1 aromatic heterocycles. The van der Waals surface area contributed by atoms with Crippen molar-refractivity contribution in [1.29, 1.82) is 0 Å². The summed E-state index contributed by atoms with van der Waals surface area (Å²) in [5.74, 6) is -0.791. The van der Waals surface area contributed by atoms with E-state index in [9.17, 15) is 14.7 Å². The Morgan fingerprint density at radius 2 is 2.45 bits per heavy atom. The minimum atomic E-state index is -0.847. The third-order valence-corrected chi connectivity index (χ3v) is 5.05. The predicted octanol–water partition coefficient (Wildman–Crippen LogP) is 0.576. The Hall–Kier alpha value is -1.28. The number of thioether (sulfide) groups is 1. The van der Waals surface area contributed by atoms with E-state index in [2.05, 4.69) is 15.5 Å². The molecule has 0 aromatic carbocycles. The van der Waals surface area contributed by atoms with Gasteiger partial charge in [-0.1, -0.05) is 18.7 Å². The minimum absolute atomic E-state index is 0.146. The Bertz CT molecular complexity index is 537. The molecule has 1 fully saturated rings. The van der Waals surface area contributed by atoms with Gasteiger partial charge in [0.05, 0.1) is 0 Å². The molecule has 1 heterocycles. The van der Waals surface area contributed by atoms with E-state index >= 15 is 0 Å². The summed E-state index contributed by atoms with van der Waals surface area (Å²) >= 11 is 1.47. The number of nitrogens with one attached hydrogen (secondary N) is 2. The van der Waals surface area contributed by atoms with Gasteiger partial charge in [0.15, 0.2) is 5.16 Å². The largest absolute Gasteiger partial charge is 0.480 e. The first-order valence-electron chi connectivity index (χ1n) is 6.75. The van der Waals surface area contributed by atoms with E-state index in [1.54, 1.807) is 7.05 Å². The van der Waals surface area contributed by atoms with Gasteiger partial charge in [-0.15, -0.1) is 5.10 Å². The van der Waals surface area contributed by atoms with Gasteiger partial charge in [-0.25, -0.2) is 9.89 Å². The second kappa shape index (κ2) is 6.01. The Kier molecular flexibility index (Phi) is 4.54. The van der Waals surface area contributed by atoms with Crippen molar-refractivity contribution in [3.8, 4) is 0 Å². The number of rotatable bonds is 5. The fourth-order valence-corrected chi connectivity index (χ4v) is 3.97. The van der Waals surface area contributed by atoms with Crippen molar-refractivity contribution in [1.82, 2.24) is 20.1 Å². The summed E-state index contributed by atoms with van der Waals surface area (Å²) in [6, 6.07) is 0. The van der Waals surface area contributed by atoms with Crippen LogP contribution in [0, 0.1) is 0 Å². The smallest absolute Gasteiger partial charge is 0.343 e. The first kappa shape index (κ1) is 15.1. The zero-order valence-corrected chi connectivity index (χ0v) is 12.5. The third kappa shape index (κ3) is 2.90. The van der Waals surface area contributed by atoms with Crippen molar-refractivity contribution in [3.05, 3.63) is 10.5 Å². The first-order chi connectivity index (χ1) is 9.48. The molecule has 1 saturated carbocycles. The summed E-state index contributed by atoms with van der Waals surface area (Å²) in [6.07, 6.45) is 2.98. The second-order valence-corrected chi connectivity index (χ2v) is 6.39. The van der Waals surface area contributed by atoms with Gasteiger partial charge in [0.2, 0.25) is 0 Å². The van der Waals surface area contributed by atoms with Crippen molar-refractivity contribution in [2.45, 2.75) is 48.6 Å². The molecule has 1 aliphatic carbocycles. The van der Waals surface area contributed by atoms with E-state index in [-0.39, 0.29) is 10.9 Å². The van der Waals surface area contributed by atoms with Crippen LogP contribution < -0.4 is 11.0 Å². The van der Waals surface area contributed by atoms with Gasteiger partial charge in [0.1, 0.15) is 5.54 Å². The van der Waals surface area contributed by atoms with Crippen LogP contribution in [0.2, 0.25) is 0 Å². The molecule has 112 valence electrons. The molecule has 0 amide bonds. The molecule has 0 radical (unpaired) electrons. The lowest BCUT2D eigenvalue weighted by atomic mass is 9.81. The highest BCUT2D eigenvalue weighted by Gasteiger charge is 2.42.